The Morgan fingerprint density at radius 2 is 1.88 bits per heavy atom. The molecule has 1 aliphatic heterocycles. The number of aliphatic hydroxyl groups excluding tert-OH is 2. The molecule has 0 bridgehead atoms. The molecule has 0 aliphatic carbocycles. The summed E-state index contributed by atoms with van der Waals surface area (Å²) in [5.41, 5.74) is 10.3. The first-order valence-electron chi connectivity index (χ1n) is 7.74. The number of nitrogen functional groups attached to an aromatic ring is 1. The van der Waals surface area contributed by atoms with E-state index in [1.54, 1.807) is 0 Å². The van der Waals surface area contributed by atoms with Gasteiger partial charge < -0.3 is 40.3 Å². The molecule has 0 amide bonds. The number of anilines is 1. The fourth-order valence-corrected chi connectivity index (χ4v) is 5.44. The zero-order valence-electron chi connectivity index (χ0n) is 15.2. The molecule has 0 spiro atoms. The van der Waals surface area contributed by atoms with E-state index in [0.717, 1.165) is 12.3 Å². The second-order valence-corrected chi connectivity index (χ2v) is 10.3. The molecular weight excluding hydrogens is 509 g/mol. The Morgan fingerprint density at radius 1 is 1.25 bits per heavy atom. The number of ether oxygens (including phenoxy) is 1. The zero-order valence-corrected chi connectivity index (χ0v) is 17.9. The summed E-state index contributed by atoms with van der Waals surface area (Å²) in [7, 11) is -17.2. The monoisotopic (exact) mass is 524 g/mol. The first kappa shape index (κ1) is 26.5. The second-order valence-electron chi connectivity index (χ2n) is 5.88. The van der Waals surface area contributed by atoms with Crippen molar-refractivity contribution in [2.75, 3.05) is 12.3 Å². The summed E-state index contributed by atoms with van der Waals surface area (Å²) < 4.78 is 51.0. The van der Waals surface area contributed by atoms with Gasteiger partial charge in [0.1, 0.15) is 18.0 Å². The highest BCUT2D eigenvalue weighted by Crippen LogP contribution is 2.66. The third-order valence-electron chi connectivity index (χ3n) is 3.59. The van der Waals surface area contributed by atoms with Crippen molar-refractivity contribution < 1.29 is 61.4 Å². The third kappa shape index (κ3) is 6.41. The smallest absolute Gasteiger partial charge is 0.387 e. The van der Waals surface area contributed by atoms with Crippen LogP contribution in [0.2, 0.25) is 0 Å². The number of hydrogen-bond acceptors (Lipinski definition) is 13. The number of aliphatic hydroxyl groups is 2. The number of azide groups is 1. The van der Waals surface area contributed by atoms with Gasteiger partial charge in [-0.2, -0.15) is 13.6 Å². The molecule has 8 N–H and O–H groups in total. The molecular formula is C9H15N6O14P3. The maximum absolute atomic E-state index is 12.0. The number of rotatable bonds is 9. The largest absolute Gasteiger partial charge is 0.490 e. The van der Waals surface area contributed by atoms with Gasteiger partial charge in [-0.1, -0.05) is 5.11 Å². The molecule has 1 aliphatic rings. The molecule has 0 saturated carbocycles. The first-order chi connectivity index (χ1) is 14.5. The van der Waals surface area contributed by atoms with Gasteiger partial charge in [-0.05, 0) is 11.6 Å². The lowest BCUT2D eigenvalue weighted by Crippen LogP contribution is -2.44. The topological polar surface area (TPSA) is 319 Å². The average molecular weight is 524 g/mol. The van der Waals surface area contributed by atoms with Crippen molar-refractivity contribution in [3.05, 3.63) is 33.2 Å². The van der Waals surface area contributed by atoms with Crippen LogP contribution in [-0.4, -0.2) is 63.9 Å². The van der Waals surface area contributed by atoms with Gasteiger partial charge in [0, 0.05) is 11.1 Å². The van der Waals surface area contributed by atoms with Crippen molar-refractivity contribution in [3.8, 4) is 0 Å². The van der Waals surface area contributed by atoms with Crippen molar-refractivity contribution in [2.24, 2.45) is 5.11 Å². The van der Waals surface area contributed by atoms with Gasteiger partial charge in [-0.3, -0.25) is 9.09 Å². The Bertz CT molecular complexity index is 1120. The number of hydrogen-bond donors (Lipinski definition) is 7. The van der Waals surface area contributed by atoms with E-state index < -0.39 is 59.9 Å². The second kappa shape index (κ2) is 9.26. The van der Waals surface area contributed by atoms with Crippen LogP contribution in [-0.2, 0) is 31.6 Å². The van der Waals surface area contributed by atoms with Crippen LogP contribution in [0.15, 0.2) is 22.2 Å². The summed E-state index contributed by atoms with van der Waals surface area (Å²) in [6.07, 6.45) is -4.99. The van der Waals surface area contributed by atoms with Crippen LogP contribution in [0, 0.1) is 0 Å². The standard InChI is InChI=1S/C9H15N6O14P3/c10-4-1-2-15(8(18)12-4)7-5(16)6(17)9(27-7,13-14-11)3-26-31(22,23)29-32(24,25)28-30(19,20)21/h1-2,5-7,16-17H,3H2,(H,22,23)(H,24,25)(H2,10,12,18)(H2,19,20,21)/t5-,6+,7-,9-/m1/s1. The van der Waals surface area contributed by atoms with Gasteiger partial charge in [0.15, 0.2) is 6.23 Å². The molecule has 2 heterocycles. The van der Waals surface area contributed by atoms with E-state index in [4.69, 9.17) is 30.7 Å². The molecule has 20 nitrogen and oxygen atoms in total. The molecule has 2 unspecified atom stereocenters. The SMILES string of the molecule is [N-]=[N+]=N[C@]1(COP(=O)(O)OP(=O)(O)OP(=O)(O)O)O[C@@H](n2ccc(N)nc2=O)[C@H](O)[C@@H]1O. The first-order valence-corrected chi connectivity index (χ1v) is 12.3. The number of phosphoric acid groups is 3. The summed E-state index contributed by atoms with van der Waals surface area (Å²) in [6, 6.07) is 1.11. The summed E-state index contributed by atoms with van der Waals surface area (Å²) in [4.78, 5) is 53.3. The maximum Gasteiger partial charge on any atom is 0.490 e. The van der Waals surface area contributed by atoms with E-state index in [1.165, 1.54) is 0 Å². The predicted octanol–water partition coefficient (Wildman–Crippen LogP) is -1.57. The van der Waals surface area contributed by atoms with Crippen LogP contribution in [0.5, 0.6) is 0 Å². The summed E-state index contributed by atoms with van der Waals surface area (Å²) in [5, 5.41) is 23.6. The molecule has 1 aromatic rings. The van der Waals surface area contributed by atoms with E-state index in [-0.39, 0.29) is 5.82 Å². The Hall–Kier alpha value is -1.72. The number of nitrogens with zero attached hydrogens (tertiary/aromatic N) is 5. The summed E-state index contributed by atoms with van der Waals surface area (Å²) in [6.45, 7) is -1.44. The predicted molar refractivity (Wildman–Crippen MR) is 96.7 cm³/mol. The molecule has 0 radical (unpaired) electrons. The lowest BCUT2D eigenvalue weighted by molar-refractivity contribution is -0.123. The minimum atomic E-state index is -5.86. The van der Waals surface area contributed by atoms with E-state index in [0.29, 0.717) is 4.57 Å². The minimum Gasteiger partial charge on any atom is -0.387 e. The highest BCUT2D eigenvalue weighted by Gasteiger charge is 2.56. The Kier molecular flexibility index (Phi) is 7.68. The average Bonchev–Trinajstić information content (AvgIpc) is 2.83. The van der Waals surface area contributed by atoms with E-state index in [1.807, 2.05) is 0 Å². The molecule has 1 saturated heterocycles. The molecule has 2 rings (SSSR count). The zero-order chi connectivity index (χ0) is 24.5. The third-order valence-corrected chi connectivity index (χ3v) is 7.38. The van der Waals surface area contributed by atoms with Gasteiger partial charge in [-0.15, -0.1) is 0 Å². The fraction of sp³-hybridized carbons (Fsp3) is 0.556. The van der Waals surface area contributed by atoms with Crippen molar-refractivity contribution in [1.29, 1.82) is 0 Å². The maximum atomic E-state index is 12.0. The van der Waals surface area contributed by atoms with Gasteiger partial charge in [-0.25, -0.2) is 18.5 Å². The Morgan fingerprint density at radius 3 is 2.41 bits per heavy atom. The van der Waals surface area contributed by atoms with Gasteiger partial charge >= 0.3 is 29.2 Å². The van der Waals surface area contributed by atoms with Crippen LogP contribution in [0.1, 0.15) is 6.23 Å². The van der Waals surface area contributed by atoms with Gasteiger partial charge in [0.25, 0.3) is 0 Å². The number of nitrogens with two attached hydrogens (primary N) is 1. The number of phosphoric ester groups is 1. The van der Waals surface area contributed by atoms with Gasteiger partial charge in [0.2, 0.25) is 5.72 Å². The van der Waals surface area contributed by atoms with Gasteiger partial charge in [0.05, 0.1) is 6.61 Å². The van der Waals surface area contributed by atoms with Crippen molar-refractivity contribution in [1.82, 2.24) is 9.55 Å². The van der Waals surface area contributed by atoms with E-state index in [9.17, 15) is 33.6 Å². The number of aromatic nitrogens is 2. The van der Waals surface area contributed by atoms with Crippen molar-refractivity contribution in [3.63, 3.8) is 0 Å². The molecule has 6 atom stereocenters. The Balaban J connectivity index is 2.28. The van der Waals surface area contributed by atoms with Crippen LogP contribution < -0.4 is 11.4 Å². The van der Waals surface area contributed by atoms with Crippen LogP contribution in [0.3, 0.4) is 0 Å². The normalized spacial score (nSPS) is 29.6. The van der Waals surface area contributed by atoms with E-state index >= 15 is 0 Å². The summed E-state index contributed by atoms with van der Waals surface area (Å²) in [5.74, 6) is -0.201. The van der Waals surface area contributed by atoms with Crippen LogP contribution >= 0.6 is 23.5 Å². The summed E-state index contributed by atoms with van der Waals surface area (Å²) >= 11 is 0. The quantitative estimate of drug-likeness (QED) is 0.0829. The van der Waals surface area contributed by atoms with E-state index in [2.05, 4.69) is 28.2 Å². The van der Waals surface area contributed by atoms with Crippen LogP contribution in [0.25, 0.3) is 10.4 Å². The van der Waals surface area contributed by atoms with Crippen LogP contribution in [0.4, 0.5) is 5.82 Å². The molecule has 1 aromatic heterocycles. The Labute approximate surface area is 175 Å². The lowest BCUT2D eigenvalue weighted by atomic mass is 10.1. The highest BCUT2D eigenvalue weighted by atomic mass is 31.3. The minimum absolute atomic E-state index is 0.201. The molecule has 0 aromatic carbocycles. The van der Waals surface area contributed by atoms with Crippen molar-refractivity contribution in [2.45, 2.75) is 24.2 Å². The molecule has 180 valence electrons. The molecule has 1 fully saturated rings. The molecule has 32 heavy (non-hydrogen) atoms. The lowest BCUT2D eigenvalue weighted by Gasteiger charge is -2.27. The van der Waals surface area contributed by atoms with Crippen molar-refractivity contribution >= 4 is 29.3 Å². The fourth-order valence-electron chi connectivity index (χ4n) is 2.40. The molecule has 23 heteroatoms. The highest BCUT2D eigenvalue weighted by molar-refractivity contribution is 7.66.